The first-order valence-electron chi connectivity index (χ1n) is 11.7. The summed E-state index contributed by atoms with van der Waals surface area (Å²) in [6.45, 7) is 0. The fourth-order valence-electron chi connectivity index (χ4n) is 3.46. The molecule has 1 fully saturated rings. The average molecular weight is 521 g/mol. The summed E-state index contributed by atoms with van der Waals surface area (Å²) in [5.74, 6) is -1.83. The number of halogens is 3. The molecule has 1 amide bonds. The number of allylic oxidation sites excluding steroid dienone is 1. The van der Waals surface area contributed by atoms with E-state index >= 15 is 0 Å². The normalized spacial score (nSPS) is 14.7. The van der Waals surface area contributed by atoms with Crippen molar-refractivity contribution in [1.82, 2.24) is 0 Å². The van der Waals surface area contributed by atoms with Crippen molar-refractivity contribution < 1.29 is 37.4 Å². The van der Waals surface area contributed by atoms with E-state index in [9.17, 15) is 22.8 Å². The Balaban J connectivity index is 0.000000604. The number of nitrogens with two attached hydrogens (primary N) is 1. The summed E-state index contributed by atoms with van der Waals surface area (Å²) in [5, 5.41) is 9.96. The Labute approximate surface area is 213 Å². The molecular formula is C27H31F3N2O5. The second-order valence-corrected chi connectivity index (χ2v) is 8.70. The molecule has 3 rings (SSSR count). The number of Topliss-reactive ketones (excluding diaryl/α,β-unsaturated/α-hetero) is 1. The highest BCUT2D eigenvalue weighted by molar-refractivity contribution is 5.99. The van der Waals surface area contributed by atoms with Crippen LogP contribution in [0.2, 0.25) is 0 Å². The molecule has 2 aromatic rings. The summed E-state index contributed by atoms with van der Waals surface area (Å²) in [6.07, 6.45) is 2.39. The first kappa shape index (κ1) is 29.6. The highest BCUT2D eigenvalue weighted by Gasteiger charge is 2.38. The van der Waals surface area contributed by atoms with E-state index in [1.165, 1.54) is 11.6 Å². The number of amides is 1. The van der Waals surface area contributed by atoms with Crippen molar-refractivity contribution in [3.05, 3.63) is 72.3 Å². The van der Waals surface area contributed by atoms with E-state index in [0.29, 0.717) is 18.0 Å². The van der Waals surface area contributed by atoms with Crippen LogP contribution in [0.15, 0.2) is 66.7 Å². The van der Waals surface area contributed by atoms with E-state index in [2.05, 4.69) is 17.4 Å². The number of ether oxygens (including phenoxy) is 1. The van der Waals surface area contributed by atoms with E-state index in [0.717, 1.165) is 31.4 Å². The maximum absolute atomic E-state index is 12.6. The number of hydrogen-bond donors (Lipinski definition) is 3. The molecule has 7 nitrogen and oxygen atoms in total. The second-order valence-electron chi connectivity index (χ2n) is 8.70. The largest absolute Gasteiger partial charge is 0.497 e. The summed E-state index contributed by atoms with van der Waals surface area (Å²) in [5.41, 5.74) is 8.01. The lowest BCUT2D eigenvalue weighted by molar-refractivity contribution is -0.192. The van der Waals surface area contributed by atoms with Gasteiger partial charge in [0.25, 0.3) is 0 Å². The molecular weight excluding hydrogens is 489 g/mol. The van der Waals surface area contributed by atoms with Gasteiger partial charge in [0.1, 0.15) is 11.5 Å². The standard InChI is InChI=1S/C25H30N2O3.C2HF3O2/c1-30-22-14-12-21(13-15-22)27-24(29)16-9-19(8-7-18-5-3-2-4-6-18)17-23(28)25(26)20-10-11-20;3-2(4,5)1(6)7/h2-6,9,12-16,19-20,25H,7-8,10-11,17,26H2,1H3,(H,27,29);(H,6,7)/b16-9+;/t19-,25-;/m0./s1. The van der Waals surface area contributed by atoms with Crippen molar-refractivity contribution >= 4 is 23.3 Å². The molecule has 0 saturated heterocycles. The lowest BCUT2D eigenvalue weighted by Gasteiger charge is -2.15. The first-order valence-corrected chi connectivity index (χ1v) is 11.7. The van der Waals surface area contributed by atoms with Gasteiger partial charge in [-0.05, 0) is 73.4 Å². The van der Waals surface area contributed by atoms with Gasteiger partial charge in [0, 0.05) is 12.1 Å². The van der Waals surface area contributed by atoms with Crippen LogP contribution < -0.4 is 15.8 Å². The predicted octanol–water partition coefficient (Wildman–Crippen LogP) is 4.77. The Morgan fingerprint density at radius 3 is 2.22 bits per heavy atom. The van der Waals surface area contributed by atoms with Gasteiger partial charge in [-0.25, -0.2) is 4.79 Å². The molecule has 2 aromatic carbocycles. The molecule has 0 heterocycles. The number of rotatable bonds is 11. The fraction of sp³-hybridized carbons (Fsp3) is 0.370. The van der Waals surface area contributed by atoms with Gasteiger partial charge in [-0.15, -0.1) is 0 Å². The van der Waals surface area contributed by atoms with Gasteiger partial charge < -0.3 is 20.9 Å². The molecule has 0 aromatic heterocycles. The second kappa shape index (κ2) is 14.2. The van der Waals surface area contributed by atoms with Crippen LogP contribution in [0.1, 0.15) is 31.2 Å². The molecule has 1 saturated carbocycles. The zero-order chi connectivity index (χ0) is 27.4. The van der Waals surface area contributed by atoms with Crippen LogP contribution in [-0.2, 0) is 20.8 Å². The zero-order valence-electron chi connectivity index (χ0n) is 20.4. The number of methoxy groups -OCH3 is 1. The van der Waals surface area contributed by atoms with Gasteiger partial charge in [0.05, 0.1) is 13.2 Å². The SMILES string of the molecule is COc1ccc(NC(=O)/C=C/[C@H](CCc2ccccc2)CC(=O)[C@@H](N)C2CC2)cc1.O=C(O)C(F)(F)F. The summed E-state index contributed by atoms with van der Waals surface area (Å²) in [6, 6.07) is 17.0. The van der Waals surface area contributed by atoms with E-state index in [1.54, 1.807) is 31.4 Å². The van der Waals surface area contributed by atoms with Gasteiger partial charge >= 0.3 is 12.1 Å². The van der Waals surface area contributed by atoms with Crippen LogP contribution in [0.25, 0.3) is 0 Å². The van der Waals surface area contributed by atoms with Crippen molar-refractivity contribution in [2.24, 2.45) is 17.6 Å². The number of benzene rings is 2. The van der Waals surface area contributed by atoms with Crippen molar-refractivity contribution in [1.29, 1.82) is 0 Å². The topological polar surface area (TPSA) is 119 Å². The molecule has 1 aliphatic carbocycles. The number of aliphatic carboxylic acids is 1. The fourth-order valence-corrected chi connectivity index (χ4v) is 3.46. The number of carbonyl (C=O) groups is 3. The molecule has 10 heteroatoms. The number of carbonyl (C=O) groups excluding carboxylic acids is 2. The Morgan fingerprint density at radius 2 is 1.70 bits per heavy atom. The number of anilines is 1. The minimum Gasteiger partial charge on any atom is -0.497 e. The molecule has 2 atom stereocenters. The van der Waals surface area contributed by atoms with E-state index < -0.39 is 12.1 Å². The molecule has 0 bridgehead atoms. The number of aryl methyl sites for hydroxylation is 1. The van der Waals surface area contributed by atoms with Gasteiger partial charge in [-0.1, -0.05) is 36.4 Å². The third-order valence-corrected chi connectivity index (χ3v) is 5.73. The highest BCUT2D eigenvalue weighted by atomic mass is 19.4. The third kappa shape index (κ3) is 11.3. The van der Waals surface area contributed by atoms with Crippen molar-refractivity contribution in [3.63, 3.8) is 0 Å². The van der Waals surface area contributed by atoms with Crippen molar-refractivity contribution in [2.45, 2.75) is 44.3 Å². The third-order valence-electron chi connectivity index (χ3n) is 5.73. The number of hydrogen-bond acceptors (Lipinski definition) is 5. The number of alkyl halides is 3. The minimum absolute atomic E-state index is 0.0240. The predicted molar refractivity (Wildman–Crippen MR) is 133 cm³/mol. The Hall–Kier alpha value is -3.66. The molecule has 0 radical (unpaired) electrons. The monoisotopic (exact) mass is 520 g/mol. The minimum atomic E-state index is -5.08. The van der Waals surface area contributed by atoms with E-state index in [1.807, 2.05) is 24.3 Å². The maximum Gasteiger partial charge on any atom is 0.490 e. The molecule has 4 N–H and O–H groups in total. The quantitative estimate of drug-likeness (QED) is 0.368. The smallest absolute Gasteiger partial charge is 0.490 e. The summed E-state index contributed by atoms with van der Waals surface area (Å²) < 4.78 is 36.9. The number of carboxylic acid groups (broad SMARTS) is 1. The van der Waals surface area contributed by atoms with Crippen LogP contribution in [0.5, 0.6) is 5.75 Å². The summed E-state index contributed by atoms with van der Waals surface area (Å²) in [4.78, 5) is 33.8. The maximum atomic E-state index is 12.6. The number of carboxylic acids is 1. The highest BCUT2D eigenvalue weighted by Crippen LogP contribution is 2.33. The molecule has 0 aliphatic heterocycles. The summed E-state index contributed by atoms with van der Waals surface area (Å²) in [7, 11) is 1.60. The lowest BCUT2D eigenvalue weighted by atomic mass is 9.91. The Morgan fingerprint density at radius 1 is 1.11 bits per heavy atom. The number of nitrogens with one attached hydrogen (secondary N) is 1. The van der Waals surface area contributed by atoms with Crippen LogP contribution in [0.3, 0.4) is 0 Å². The van der Waals surface area contributed by atoms with E-state index in [4.69, 9.17) is 20.4 Å². The van der Waals surface area contributed by atoms with Crippen LogP contribution in [0, 0.1) is 11.8 Å². The molecule has 0 unspecified atom stereocenters. The number of ketones is 1. The Kier molecular flexibility index (Phi) is 11.3. The summed E-state index contributed by atoms with van der Waals surface area (Å²) >= 11 is 0. The van der Waals surface area contributed by atoms with E-state index in [-0.39, 0.29) is 23.7 Å². The molecule has 200 valence electrons. The Bertz CT molecular complexity index is 1050. The molecule has 0 spiro atoms. The van der Waals surface area contributed by atoms with Gasteiger partial charge in [0.2, 0.25) is 5.91 Å². The first-order chi connectivity index (χ1) is 17.5. The molecule has 37 heavy (non-hydrogen) atoms. The van der Waals surface area contributed by atoms with Crippen molar-refractivity contribution in [2.75, 3.05) is 12.4 Å². The van der Waals surface area contributed by atoms with Gasteiger partial charge in [0.15, 0.2) is 0 Å². The molecule has 1 aliphatic rings. The van der Waals surface area contributed by atoms with Crippen LogP contribution >= 0.6 is 0 Å². The van der Waals surface area contributed by atoms with Crippen LogP contribution in [-0.4, -0.2) is 42.1 Å². The van der Waals surface area contributed by atoms with Crippen molar-refractivity contribution in [3.8, 4) is 5.75 Å². The van der Waals surface area contributed by atoms with Gasteiger partial charge in [-0.3, -0.25) is 9.59 Å². The van der Waals surface area contributed by atoms with Crippen LogP contribution in [0.4, 0.5) is 18.9 Å². The van der Waals surface area contributed by atoms with Gasteiger partial charge in [-0.2, -0.15) is 13.2 Å². The lowest BCUT2D eigenvalue weighted by Crippen LogP contribution is -2.33. The average Bonchev–Trinajstić information content (AvgIpc) is 3.71. The zero-order valence-corrected chi connectivity index (χ0v) is 20.4.